The molecule has 0 saturated heterocycles. The fraction of sp³-hybridized carbons (Fsp3) is 0.286. The largest absolute Gasteiger partial charge is 0.328 e. The second-order valence-electron chi connectivity index (χ2n) is 2.45. The van der Waals surface area contributed by atoms with E-state index in [4.69, 9.17) is 11.6 Å². The molecule has 0 amide bonds. The standard InChI is InChI=1S/C7H8ClN3O2/c1-3-4-10-5(2)6(11(12)13)7(8)9-10/h3H,1,4H2,2H3. The summed E-state index contributed by atoms with van der Waals surface area (Å²) in [5, 5.41) is 14.2. The van der Waals surface area contributed by atoms with Gasteiger partial charge in [0, 0.05) is 0 Å². The number of hydrogen-bond donors (Lipinski definition) is 0. The number of hydrogen-bond acceptors (Lipinski definition) is 3. The molecule has 0 fully saturated rings. The third-order valence-corrected chi connectivity index (χ3v) is 1.87. The summed E-state index contributed by atoms with van der Waals surface area (Å²) >= 11 is 5.57. The van der Waals surface area contributed by atoms with Crippen LogP contribution in [0.25, 0.3) is 0 Å². The molecule has 0 N–H and O–H groups in total. The second-order valence-corrected chi connectivity index (χ2v) is 2.81. The molecule has 0 unspecified atom stereocenters. The van der Waals surface area contributed by atoms with Gasteiger partial charge in [0.25, 0.3) is 0 Å². The highest BCUT2D eigenvalue weighted by molar-refractivity contribution is 6.31. The number of rotatable bonds is 3. The summed E-state index contributed by atoms with van der Waals surface area (Å²) in [7, 11) is 0. The van der Waals surface area contributed by atoms with Gasteiger partial charge >= 0.3 is 5.69 Å². The van der Waals surface area contributed by atoms with Crippen molar-refractivity contribution >= 4 is 17.3 Å². The van der Waals surface area contributed by atoms with E-state index in [1.54, 1.807) is 13.0 Å². The van der Waals surface area contributed by atoms with E-state index < -0.39 is 4.92 Å². The first-order chi connectivity index (χ1) is 6.07. The minimum absolute atomic E-state index is 0.0793. The highest BCUT2D eigenvalue weighted by Gasteiger charge is 2.22. The third-order valence-electron chi connectivity index (χ3n) is 1.62. The van der Waals surface area contributed by atoms with Crippen molar-refractivity contribution in [2.75, 3.05) is 0 Å². The number of allylic oxidation sites excluding steroid dienone is 1. The first kappa shape index (κ1) is 9.73. The predicted molar refractivity (Wildman–Crippen MR) is 48.8 cm³/mol. The van der Waals surface area contributed by atoms with Crippen molar-refractivity contribution in [3.63, 3.8) is 0 Å². The average molecular weight is 202 g/mol. The van der Waals surface area contributed by atoms with Crippen LogP contribution in [-0.2, 0) is 6.54 Å². The molecule has 70 valence electrons. The van der Waals surface area contributed by atoms with Gasteiger partial charge in [0.1, 0.15) is 5.69 Å². The van der Waals surface area contributed by atoms with Crippen molar-refractivity contribution in [3.8, 4) is 0 Å². The zero-order chi connectivity index (χ0) is 10.0. The van der Waals surface area contributed by atoms with Crippen LogP contribution < -0.4 is 0 Å². The molecular formula is C7H8ClN3O2. The van der Waals surface area contributed by atoms with E-state index in [0.29, 0.717) is 12.2 Å². The van der Waals surface area contributed by atoms with Crippen molar-refractivity contribution < 1.29 is 4.92 Å². The van der Waals surface area contributed by atoms with Gasteiger partial charge < -0.3 is 0 Å². The van der Waals surface area contributed by atoms with Crippen molar-refractivity contribution in [2.45, 2.75) is 13.5 Å². The van der Waals surface area contributed by atoms with Gasteiger partial charge in [-0.2, -0.15) is 5.10 Å². The van der Waals surface area contributed by atoms with Crippen molar-refractivity contribution in [2.24, 2.45) is 0 Å². The second kappa shape index (κ2) is 3.57. The number of nitro groups is 1. The van der Waals surface area contributed by atoms with E-state index in [2.05, 4.69) is 11.7 Å². The minimum Gasteiger partial charge on any atom is -0.258 e. The molecule has 0 aliphatic carbocycles. The lowest BCUT2D eigenvalue weighted by Crippen LogP contribution is -2.00. The van der Waals surface area contributed by atoms with Crippen LogP contribution in [0.5, 0.6) is 0 Å². The van der Waals surface area contributed by atoms with E-state index in [0.717, 1.165) is 0 Å². The Labute approximate surface area is 79.8 Å². The summed E-state index contributed by atoms with van der Waals surface area (Å²) < 4.78 is 1.44. The quantitative estimate of drug-likeness (QED) is 0.427. The van der Waals surface area contributed by atoms with Crippen molar-refractivity contribution in [1.82, 2.24) is 9.78 Å². The third kappa shape index (κ3) is 1.70. The van der Waals surface area contributed by atoms with Crippen LogP contribution in [0.1, 0.15) is 5.69 Å². The van der Waals surface area contributed by atoms with Crippen LogP contribution in [0.3, 0.4) is 0 Å². The predicted octanol–water partition coefficient (Wildman–Crippen LogP) is 1.94. The lowest BCUT2D eigenvalue weighted by molar-refractivity contribution is -0.385. The normalized spacial score (nSPS) is 10.0. The Morgan fingerprint density at radius 1 is 1.85 bits per heavy atom. The Hall–Kier alpha value is -1.36. The van der Waals surface area contributed by atoms with Crippen molar-refractivity contribution in [1.29, 1.82) is 0 Å². The smallest absolute Gasteiger partial charge is 0.258 e. The first-order valence-corrected chi connectivity index (χ1v) is 3.94. The Morgan fingerprint density at radius 3 is 2.85 bits per heavy atom. The van der Waals surface area contributed by atoms with E-state index in [1.807, 2.05) is 0 Å². The number of aromatic nitrogens is 2. The fourth-order valence-electron chi connectivity index (χ4n) is 1.01. The maximum absolute atomic E-state index is 10.5. The topological polar surface area (TPSA) is 61.0 Å². The van der Waals surface area contributed by atoms with E-state index in [1.165, 1.54) is 4.68 Å². The molecule has 1 aromatic heterocycles. The summed E-state index contributed by atoms with van der Waals surface area (Å²) in [5.74, 6) is 0. The van der Waals surface area contributed by atoms with Gasteiger partial charge in [-0.05, 0) is 6.92 Å². The van der Waals surface area contributed by atoms with E-state index in [9.17, 15) is 10.1 Å². The van der Waals surface area contributed by atoms with Gasteiger partial charge in [-0.25, -0.2) is 0 Å². The monoisotopic (exact) mass is 201 g/mol. The van der Waals surface area contributed by atoms with Gasteiger partial charge in [-0.3, -0.25) is 14.8 Å². The van der Waals surface area contributed by atoms with Gasteiger partial charge in [0.15, 0.2) is 0 Å². The zero-order valence-corrected chi connectivity index (χ0v) is 7.78. The summed E-state index contributed by atoms with van der Waals surface area (Å²) in [6.45, 7) is 5.52. The summed E-state index contributed by atoms with van der Waals surface area (Å²) in [6.07, 6.45) is 1.60. The van der Waals surface area contributed by atoms with Crippen LogP contribution in [0, 0.1) is 17.0 Å². The molecule has 5 nitrogen and oxygen atoms in total. The van der Waals surface area contributed by atoms with Crippen LogP contribution in [0.4, 0.5) is 5.69 Å². The molecule has 0 atom stereocenters. The summed E-state index contributed by atoms with van der Waals surface area (Å²) in [6, 6.07) is 0. The zero-order valence-electron chi connectivity index (χ0n) is 7.03. The van der Waals surface area contributed by atoms with Gasteiger partial charge in [-0.15, -0.1) is 6.58 Å². The minimum atomic E-state index is -0.537. The van der Waals surface area contributed by atoms with Crippen LogP contribution >= 0.6 is 11.6 Å². The molecule has 0 aliphatic heterocycles. The van der Waals surface area contributed by atoms with Crippen molar-refractivity contribution in [3.05, 3.63) is 33.6 Å². The maximum Gasteiger partial charge on any atom is 0.328 e. The molecule has 1 rings (SSSR count). The maximum atomic E-state index is 10.5. The molecular weight excluding hydrogens is 194 g/mol. The Morgan fingerprint density at radius 2 is 2.46 bits per heavy atom. The molecule has 0 aromatic carbocycles. The fourth-order valence-corrected chi connectivity index (χ4v) is 1.30. The van der Waals surface area contributed by atoms with Gasteiger partial charge in [-0.1, -0.05) is 17.7 Å². The molecule has 0 aliphatic rings. The molecule has 0 saturated carbocycles. The van der Waals surface area contributed by atoms with E-state index >= 15 is 0 Å². The number of halogens is 1. The molecule has 1 heterocycles. The Kier molecular flexibility index (Phi) is 2.67. The average Bonchev–Trinajstić information content (AvgIpc) is 2.28. The lowest BCUT2D eigenvalue weighted by Gasteiger charge is -1.96. The van der Waals surface area contributed by atoms with Crippen LogP contribution in [0.2, 0.25) is 5.15 Å². The molecule has 0 radical (unpaired) electrons. The molecule has 1 aromatic rings. The Balaban J connectivity index is 3.21. The highest BCUT2D eigenvalue weighted by Crippen LogP contribution is 2.26. The first-order valence-electron chi connectivity index (χ1n) is 3.56. The molecule has 0 spiro atoms. The lowest BCUT2D eigenvalue weighted by atomic mass is 10.4. The van der Waals surface area contributed by atoms with Gasteiger partial charge in [0.05, 0.1) is 11.5 Å². The highest BCUT2D eigenvalue weighted by atomic mass is 35.5. The van der Waals surface area contributed by atoms with Crippen LogP contribution in [0.15, 0.2) is 12.7 Å². The van der Waals surface area contributed by atoms with Gasteiger partial charge in [0.2, 0.25) is 5.15 Å². The summed E-state index contributed by atoms with van der Waals surface area (Å²) in [4.78, 5) is 9.96. The SMILES string of the molecule is C=CCn1nc(Cl)c([N+](=O)[O-])c1C. The van der Waals surface area contributed by atoms with Crippen LogP contribution in [-0.4, -0.2) is 14.7 Å². The molecule has 6 heteroatoms. The Bertz CT molecular complexity index is 359. The van der Waals surface area contributed by atoms with E-state index in [-0.39, 0.29) is 10.8 Å². The molecule has 0 bridgehead atoms. The summed E-state index contributed by atoms with van der Waals surface area (Å²) in [5.41, 5.74) is 0.304. The number of nitrogens with zero attached hydrogens (tertiary/aromatic N) is 3. The molecule has 13 heavy (non-hydrogen) atoms.